The summed E-state index contributed by atoms with van der Waals surface area (Å²) in [5.74, 6) is -0.241. The standard InChI is InChI=1S/C10H22N2O3/c1-5-11-9(2,3)8(15)12-10(4,6-13)7-14/h11,13-14H,5-7H2,1-4H3,(H,12,15). The second kappa shape index (κ2) is 5.44. The molecule has 5 heteroatoms. The topological polar surface area (TPSA) is 81.6 Å². The summed E-state index contributed by atoms with van der Waals surface area (Å²) >= 11 is 0. The molecular weight excluding hydrogens is 196 g/mol. The van der Waals surface area contributed by atoms with Crippen LogP contribution in [0.1, 0.15) is 27.7 Å². The van der Waals surface area contributed by atoms with Crippen LogP contribution < -0.4 is 10.6 Å². The summed E-state index contributed by atoms with van der Waals surface area (Å²) in [5, 5.41) is 23.7. The van der Waals surface area contributed by atoms with Crippen molar-refractivity contribution in [2.75, 3.05) is 19.8 Å². The van der Waals surface area contributed by atoms with Crippen LogP contribution in [0.4, 0.5) is 0 Å². The van der Waals surface area contributed by atoms with Gasteiger partial charge < -0.3 is 20.8 Å². The molecule has 15 heavy (non-hydrogen) atoms. The predicted octanol–water partition coefficient (Wildman–Crippen LogP) is -0.766. The van der Waals surface area contributed by atoms with E-state index in [0.29, 0.717) is 6.54 Å². The molecule has 0 aromatic heterocycles. The van der Waals surface area contributed by atoms with Crippen molar-refractivity contribution in [2.24, 2.45) is 0 Å². The maximum atomic E-state index is 11.8. The van der Waals surface area contributed by atoms with Gasteiger partial charge in [0.05, 0.1) is 24.3 Å². The number of amides is 1. The van der Waals surface area contributed by atoms with E-state index in [2.05, 4.69) is 10.6 Å². The Morgan fingerprint density at radius 3 is 2.00 bits per heavy atom. The maximum absolute atomic E-state index is 11.8. The third-order valence-corrected chi connectivity index (χ3v) is 2.30. The number of likely N-dealkylation sites (N-methyl/N-ethyl adjacent to an activating group) is 1. The van der Waals surface area contributed by atoms with Crippen molar-refractivity contribution in [1.29, 1.82) is 0 Å². The highest BCUT2D eigenvalue weighted by Gasteiger charge is 2.32. The van der Waals surface area contributed by atoms with Crippen molar-refractivity contribution < 1.29 is 15.0 Å². The number of carbonyl (C=O) groups excluding carboxylic acids is 1. The van der Waals surface area contributed by atoms with Gasteiger partial charge in [-0.15, -0.1) is 0 Å². The van der Waals surface area contributed by atoms with E-state index < -0.39 is 11.1 Å². The molecule has 5 nitrogen and oxygen atoms in total. The van der Waals surface area contributed by atoms with Crippen molar-refractivity contribution in [1.82, 2.24) is 10.6 Å². The lowest BCUT2D eigenvalue weighted by Gasteiger charge is -2.32. The van der Waals surface area contributed by atoms with Crippen LogP contribution in [-0.2, 0) is 4.79 Å². The van der Waals surface area contributed by atoms with Crippen LogP contribution in [0.25, 0.3) is 0 Å². The Morgan fingerprint density at radius 1 is 1.20 bits per heavy atom. The molecule has 0 aliphatic carbocycles. The van der Waals surface area contributed by atoms with Crippen LogP contribution >= 0.6 is 0 Å². The molecule has 0 unspecified atom stereocenters. The minimum atomic E-state index is -0.968. The van der Waals surface area contributed by atoms with Gasteiger partial charge in [0.2, 0.25) is 5.91 Å². The number of hydrogen-bond acceptors (Lipinski definition) is 4. The Kier molecular flexibility index (Phi) is 5.20. The molecule has 0 heterocycles. The number of aliphatic hydroxyl groups is 2. The molecule has 0 spiro atoms. The number of rotatable bonds is 6. The highest BCUT2D eigenvalue weighted by molar-refractivity contribution is 5.86. The van der Waals surface area contributed by atoms with Gasteiger partial charge in [0.15, 0.2) is 0 Å². The van der Waals surface area contributed by atoms with E-state index in [9.17, 15) is 4.79 Å². The van der Waals surface area contributed by atoms with Gasteiger partial charge >= 0.3 is 0 Å². The summed E-state index contributed by atoms with van der Waals surface area (Å²) in [5.41, 5.74) is -1.68. The lowest BCUT2D eigenvalue weighted by Crippen LogP contribution is -2.61. The summed E-state index contributed by atoms with van der Waals surface area (Å²) in [6.45, 7) is 7.09. The van der Waals surface area contributed by atoms with Gasteiger partial charge in [0.1, 0.15) is 0 Å². The van der Waals surface area contributed by atoms with Crippen LogP contribution in [0.2, 0.25) is 0 Å². The maximum Gasteiger partial charge on any atom is 0.240 e. The van der Waals surface area contributed by atoms with Gasteiger partial charge in [-0.25, -0.2) is 0 Å². The van der Waals surface area contributed by atoms with Crippen LogP contribution in [0.15, 0.2) is 0 Å². The first-order valence-corrected chi connectivity index (χ1v) is 5.10. The van der Waals surface area contributed by atoms with E-state index in [-0.39, 0.29) is 19.1 Å². The zero-order chi connectivity index (χ0) is 12.1. The van der Waals surface area contributed by atoms with E-state index in [1.165, 1.54) is 0 Å². The van der Waals surface area contributed by atoms with Gasteiger partial charge in [-0.05, 0) is 27.3 Å². The molecule has 0 rings (SSSR count). The van der Waals surface area contributed by atoms with Crippen molar-refractivity contribution in [3.05, 3.63) is 0 Å². The largest absolute Gasteiger partial charge is 0.394 e. The number of carbonyl (C=O) groups is 1. The summed E-state index contributed by atoms with van der Waals surface area (Å²) in [6.07, 6.45) is 0. The highest BCUT2D eigenvalue weighted by atomic mass is 16.3. The Balaban J connectivity index is 4.47. The third kappa shape index (κ3) is 4.15. The zero-order valence-corrected chi connectivity index (χ0v) is 9.92. The van der Waals surface area contributed by atoms with Crippen molar-refractivity contribution in [2.45, 2.75) is 38.8 Å². The first-order valence-electron chi connectivity index (χ1n) is 5.10. The monoisotopic (exact) mass is 218 g/mol. The SMILES string of the molecule is CCNC(C)(C)C(=O)NC(C)(CO)CO. The fraction of sp³-hybridized carbons (Fsp3) is 0.900. The Hall–Kier alpha value is -0.650. The van der Waals surface area contributed by atoms with E-state index >= 15 is 0 Å². The molecule has 0 aromatic rings. The van der Waals surface area contributed by atoms with Crippen LogP contribution in [-0.4, -0.2) is 47.0 Å². The second-order valence-electron chi connectivity index (χ2n) is 4.49. The Bertz CT molecular complexity index is 213. The minimum Gasteiger partial charge on any atom is -0.394 e. The average molecular weight is 218 g/mol. The summed E-state index contributed by atoms with van der Waals surface area (Å²) in [7, 11) is 0. The Morgan fingerprint density at radius 2 is 1.67 bits per heavy atom. The number of hydrogen-bond donors (Lipinski definition) is 4. The fourth-order valence-electron chi connectivity index (χ4n) is 1.08. The van der Waals surface area contributed by atoms with E-state index in [4.69, 9.17) is 10.2 Å². The summed E-state index contributed by atoms with van der Waals surface area (Å²) < 4.78 is 0. The normalized spacial score (nSPS) is 12.7. The van der Waals surface area contributed by atoms with E-state index in [1.807, 2.05) is 6.92 Å². The molecule has 0 saturated carbocycles. The minimum absolute atomic E-state index is 0.241. The molecule has 0 aromatic carbocycles. The lowest BCUT2D eigenvalue weighted by atomic mass is 9.99. The van der Waals surface area contributed by atoms with Crippen molar-refractivity contribution in [3.63, 3.8) is 0 Å². The van der Waals surface area contributed by atoms with Crippen LogP contribution in [0.5, 0.6) is 0 Å². The molecular formula is C10H22N2O3. The second-order valence-corrected chi connectivity index (χ2v) is 4.49. The zero-order valence-electron chi connectivity index (χ0n) is 9.92. The molecule has 90 valence electrons. The molecule has 4 N–H and O–H groups in total. The molecule has 0 bridgehead atoms. The third-order valence-electron chi connectivity index (χ3n) is 2.30. The molecule has 0 fully saturated rings. The fourth-order valence-corrected chi connectivity index (χ4v) is 1.08. The van der Waals surface area contributed by atoms with Crippen molar-refractivity contribution >= 4 is 5.91 Å². The first-order chi connectivity index (χ1) is 6.81. The average Bonchev–Trinajstić information content (AvgIpc) is 2.17. The predicted molar refractivity (Wildman–Crippen MR) is 58.5 cm³/mol. The van der Waals surface area contributed by atoms with Gasteiger partial charge in [-0.3, -0.25) is 4.79 Å². The molecule has 0 aliphatic heterocycles. The molecule has 1 amide bonds. The van der Waals surface area contributed by atoms with Gasteiger partial charge in [0, 0.05) is 0 Å². The number of aliphatic hydroxyl groups excluding tert-OH is 2. The number of nitrogens with one attached hydrogen (secondary N) is 2. The van der Waals surface area contributed by atoms with Gasteiger partial charge in [-0.2, -0.15) is 0 Å². The lowest BCUT2D eigenvalue weighted by molar-refractivity contribution is -0.129. The summed E-state index contributed by atoms with van der Waals surface area (Å²) in [6, 6.07) is 0. The molecule has 0 atom stereocenters. The first kappa shape index (κ1) is 14.3. The van der Waals surface area contributed by atoms with Crippen molar-refractivity contribution in [3.8, 4) is 0 Å². The molecule has 0 saturated heterocycles. The van der Waals surface area contributed by atoms with E-state index in [0.717, 1.165) is 0 Å². The smallest absolute Gasteiger partial charge is 0.240 e. The van der Waals surface area contributed by atoms with Gasteiger partial charge in [-0.1, -0.05) is 6.92 Å². The molecule has 0 radical (unpaired) electrons. The summed E-state index contributed by atoms with van der Waals surface area (Å²) in [4.78, 5) is 11.8. The van der Waals surface area contributed by atoms with Crippen LogP contribution in [0, 0.1) is 0 Å². The molecule has 0 aliphatic rings. The van der Waals surface area contributed by atoms with Crippen LogP contribution in [0.3, 0.4) is 0 Å². The highest BCUT2D eigenvalue weighted by Crippen LogP contribution is 2.07. The van der Waals surface area contributed by atoms with Gasteiger partial charge in [0.25, 0.3) is 0 Å². The Labute approximate surface area is 90.9 Å². The quantitative estimate of drug-likeness (QED) is 0.472. The van der Waals surface area contributed by atoms with E-state index in [1.54, 1.807) is 20.8 Å².